The monoisotopic (exact) mass is 391 g/mol. The van der Waals surface area contributed by atoms with Crippen LogP contribution in [0.15, 0.2) is 42.5 Å². The first kappa shape index (κ1) is 21.0. The fraction of sp³-hybridized carbons (Fsp3) is 0.300. The number of ether oxygens (including phenoxy) is 3. The molecule has 1 unspecified atom stereocenters. The zero-order valence-electron chi connectivity index (χ0n) is 15.8. The number of halogens is 1. The van der Waals surface area contributed by atoms with Crippen LogP contribution in [0.4, 0.5) is 4.39 Å². The van der Waals surface area contributed by atoms with E-state index in [2.05, 4.69) is 0 Å². The van der Waals surface area contributed by atoms with Crippen LogP contribution in [-0.2, 0) is 16.1 Å². The van der Waals surface area contributed by atoms with Crippen LogP contribution in [0.1, 0.15) is 12.5 Å². The molecule has 0 aromatic heterocycles. The fourth-order valence-electron chi connectivity index (χ4n) is 2.59. The van der Waals surface area contributed by atoms with Crippen LogP contribution < -0.4 is 14.2 Å². The van der Waals surface area contributed by atoms with Crippen molar-refractivity contribution in [3.63, 3.8) is 0 Å². The lowest BCUT2D eigenvalue weighted by Gasteiger charge is -2.25. The van der Waals surface area contributed by atoms with E-state index in [0.29, 0.717) is 17.1 Å². The van der Waals surface area contributed by atoms with Gasteiger partial charge in [0.25, 0.3) is 5.91 Å². The van der Waals surface area contributed by atoms with Gasteiger partial charge in [0.05, 0.1) is 14.2 Å². The number of carboxylic acid groups (broad SMARTS) is 1. The minimum Gasteiger partial charge on any atom is -0.497 e. The van der Waals surface area contributed by atoms with Gasteiger partial charge in [-0.05, 0) is 36.8 Å². The highest BCUT2D eigenvalue weighted by Crippen LogP contribution is 2.24. The average molecular weight is 391 g/mol. The number of hydrogen-bond donors (Lipinski definition) is 1. The van der Waals surface area contributed by atoms with Gasteiger partial charge in [-0.3, -0.25) is 9.59 Å². The largest absolute Gasteiger partial charge is 0.497 e. The normalized spacial score (nSPS) is 11.4. The van der Waals surface area contributed by atoms with Gasteiger partial charge >= 0.3 is 5.97 Å². The van der Waals surface area contributed by atoms with E-state index in [0.717, 1.165) is 4.90 Å². The maximum atomic E-state index is 13.8. The lowest BCUT2D eigenvalue weighted by Crippen LogP contribution is -2.42. The van der Waals surface area contributed by atoms with Crippen molar-refractivity contribution < 1.29 is 33.3 Å². The minimum atomic E-state index is -1.18. The van der Waals surface area contributed by atoms with Crippen LogP contribution in [0.2, 0.25) is 0 Å². The van der Waals surface area contributed by atoms with Crippen molar-refractivity contribution in [2.75, 3.05) is 20.8 Å². The number of carboxylic acids is 1. The Balaban J connectivity index is 2.21. The number of rotatable bonds is 9. The number of amides is 1. The quantitative estimate of drug-likeness (QED) is 0.708. The lowest BCUT2D eigenvalue weighted by molar-refractivity contribution is -0.148. The van der Waals surface area contributed by atoms with Crippen LogP contribution in [0, 0.1) is 5.82 Å². The van der Waals surface area contributed by atoms with Crippen LogP contribution >= 0.6 is 0 Å². The molecule has 8 heteroatoms. The van der Waals surface area contributed by atoms with Gasteiger partial charge in [0.1, 0.15) is 18.0 Å². The molecule has 0 saturated heterocycles. The van der Waals surface area contributed by atoms with Crippen molar-refractivity contribution in [1.29, 1.82) is 0 Å². The molecule has 0 spiro atoms. The molecule has 0 saturated carbocycles. The predicted octanol–water partition coefficient (Wildman–Crippen LogP) is 2.72. The Bertz CT molecular complexity index is 819. The molecule has 0 fully saturated rings. The van der Waals surface area contributed by atoms with Crippen LogP contribution in [0.25, 0.3) is 0 Å². The maximum absolute atomic E-state index is 13.8. The third-order valence-corrected chi connectivity index (χ3v) is 3.91. The molecule has 0 heterocycles. The number of para-hydroxylation sites is 1. The molecule has 0 radical (unpaired) electrons. The molecule has 1 amide bonds. The zero-order chi connectivity index (χ0) is 20.7. The molecular weight excluding hydrogens is 369 g/mol. The van der Waals surface area contributed by atoms with Crippen molar-refractivity contribution in [2.45, 2.75) is 19.6 Å². The Morgan fingerprint density at radius 3 is 2.25 bits per heavy atom. The van der Waals surface area contributed by atoms with Crippen LogP contribution in [0.3, 0.4) is 0 Å². The fourth-order valence-corrected chi connectivity index (χ4v) is 2.59. The van der Waals surface area contributed by atoms with Crippen LogP contribution in [-0.4, -0.2) is 48.8 Å². The van der Waals surface area contributed by atoms with Crippen molar-refractivity contribution in [3.8, 4) is 17.2 Å². The van der Waals surface area contributed by atoms with Gasteiger partial charge in [-0.25, -0.2) is 4.39 Å². The zero-order valence-corrected chi connectivity index (χ0v) is 15.8. The summed E-state index contributed by atoms with van der Waals surface area (Å²) < 4.78 is 29.5. The molecule has 0 aliphatic rings. The smallest absolute Gasteiger partial charge is 0.323 e. The Morgan fingerprint density at radius 1 is 1.11 bits per heavy atom. The number of hydrogen-bond acceptors (Lipinski definition) is 5. The number of carbonyl (C=O) groups excluding carboxylic acids is 1. The Morgan fingerprint density at radius 2 is 1.71 bits per heavy atom. The second-order valence-electron chi connectivity index (χ2n) is 6.00. The number of aliphatic carboxylic acids is 1. The van der Waals surface area contributed by atoms with Crippen molar-refractivity contribution >= 4 is 11.9 Å². The highest BCUT2D eigenvalue weighted by atomic mass is 19.1. The molecule has 0 aliphatic heterocycles. The highest BCUT2D eigenvalue weighted by molar-refractivity contribution is 5.84. The summed E-state index contributed by atoms with van der Waals surface area (Å²) in [6.45, 7) is 0.892. The standard InChI is InChI=1S/C20H22FNO6/c1-13(28-18-7-5-4-6-17(18)21)20(25)22(12-19(23)24)11-14-8-15(26-2)10-16(9-14)27-3/h4-10,13H,11-12H2,1-3H3,(H,23,24). The van der Waals surface area contributed by atoms with E-state index in [4.69, 9.17) is 14.2 Å². The molecule has 2 aromatic rings. The topological polar surface area (TPSA) is 85.3 Å². The molecule has 0 bridgehead atoms. The predicted molar refractivity (Wildman–Crippen MR) is 99.1 cm³/mol. The van der Waals surface area contributed by atoms with Gasteiger partial charge in [-0.15, -0.1) is 0 Å². The number of nitrogens with zero attached hydrogens (tertiary/aromatic N) is 1. The van der Waals surface area contributed by atoms with E-state index in [1.807, 2.05) is 0 Å². The van der Waals surface area contributed by atoms with Gasteiger partial charge < -0.3 is 24.2 Å². The Hall–Kier alpha value is -3.29. The van der Waals surface area contributed by atoms with E-state index >= 15 is 0 Å². The first-order valence-corrected chi connectivity index (χ1v) is 8.47. The number of methoxy groups -OCH3 is 2. The summed E-state index contributed by atoms with van der Waals surface area (Å²) in [6.07, 6.45) is -1.08. The maximum Gasteiger partial charge on any atom is 0.323 e. The first-order valence-electron chi connectivity index (χ1n) is 8.47. The third kappa shape index (κ3) is 5.60. The SMILES string of the molecule is COc1cc(CN(CC(=O)O)C(=O)C(C)Oc2ccccc2F)cc(OC)c1. The molecule has 28 heavy (non-hydrogen) atoms. The van der Waals surface area contributed by atoms with E-state index in [1.165, 1.54) is 39.3 Å². The second-order valence-corrected chi connectivity index (χ2v) is 6.00. The highest BCUT2D eigenvalue weighted by Gasteiger charge is 2.25. The van der Waals surface area contributed by atoms with Crippen molar-refractivity contribution in [3.05, 3.63) is 53.8 Å². The minimum absolute atomic E-state index is 0.0103. The summed E-state index contributed by atoms with van der Waals surface area (Å²) >= 11 is 0. The molecule has 7 nitrogen and oxygen atoms in total. The van der Waals surface area contributed by atoms with Gasteiger partial charge in [0.2, 0.25) is 0 Å². The van der Waals surface area contributed by atoms with E-state index in [1.54, 1.807) is 24.3 Å². The lowest BCUT2D eigenvalue weighted by atomic mass is 10.1. The number of carbonyl (C=O) groups is 2. The summed E-state index contributed by atoms with van der Waals surface area (Å²) in [6, 6.07) is 10.7. The summed E-state index contributed by atoms with van der Waals surface area (Å²) in [5.41, 5.74) is 0.615. The summed E-state index contributed by atoms with van der Waals surface area (Å²) in [4.78, 5) is 25.1. The summed E-state index contributed by atoms with van der Waals surface area (Å²) in [5, 5.41) is 9.18. The average Bonchev–Trinajstić information content (AvgIpc) is 2.67. The molecule has 1 N–H and O–H groups in total. The summed E-state index contributed by atoms with van der Waals surface area (Å²) in [7, 11) is 2.98. The number of benzene rings is 2. The summed E-state index contributed by atoms with van der Waals surface area (Å²) in [5.74, 6) is -1.44. The van der Waals surface area contributed by atoms with Gasteiger partial charge in [0, 0.05) is 12.6 Å². The second kappa shape index (κ2) is 9.59. The molecule has 2 aromatic carbocycles. The van der Waals surface area contributed by atoms with Gasteiger partial charge in [-0.1, -0.05) is 12.1 Å². The van der Waals surface area contributed by atoms with E-state index < -0.39 is 30.3 Å². The molecule has 0 aliphatic carbocycles. The first-order chi connectivity index (χ1) is 13.3. The molecule has 150 valence electrons. The van der Waals surface area contributed by atoms with E-state index in [9.17, 15) is 19.1 Å². The molecule has 2 rings (SSSR count). The van der Waals surface area contributed by atoms with E-state index in [-0.39, 0.29) is 12.3 Å². The van der Waals surface area contributed by atoms with Gasteiger partial charge in [0.15, 0.2) is 17.7 Å². The Kier molecular flexibility index (Phi) is 7.20. The van der Waals surface area contributed by atoms with Crippen molar-refractivity contribution in [2.24, 2.45) is 0 Å². The third-order valence-electron chi connectivity index (χ3n) is 3.91. The van der Waals surface area contributed by atoms with Gasteiger partial charge in [-0.2, -0.15) is 0 Å². The Labute approximate surface area is 162 Å². The molecular formula is C20H22FNO6. The van der Waals surface area contributed by atoms with Crippen LogP contribution in [0.5, 0.6) is 17.2 Å². The molecule has 1 atom stereocenters. The van der Waals surface area contributed by atoms with Crippen molar-refractivity contribution in [1.82, 2.24) is 4.90 Å².